The minimum atomic E-state index is -0.854. The van der Waals surface area contributed by atoms with E-state index in [4.69, 9.17) is 21.4 Å². The van der Waals surface area contributed by atoms with Gasteiger partial charge in [-0.3, -0.25) is 9.69 Å². The molecule has 0 saturated heterocycles. The number of thioether (sulfide) groups is 1. The summed E-state index contributed by atoms with van der Waals surface area (Å²) in [5.41, 5.74) is -0.268. The van der Waals surface area contributed by atoms with Crippen LogP contribution in [0.5, 0.6) is 5.75 Å². The van der Waals surface area contributed by atoms with Crippen molar-refractivity contribution in [1.82, 2.24) is 4.90 Å². The van der Waals surface area contributed by atoms with Crippen molar-refractivity contribution >= 4 is 29.3 Å². The summed E-state index contributed by atoms with van der Waals surface area (Å²) in [5.74, 6) is -0.101. The van der Waals surface area contributed by atoms with Gasteiger partial charge in [0.2, 0.25) is 0 Å². The molecule has 0 saturated carbocycles. The van der Waals surface area contributed by atoms with Gasteiger partial charge in [-0.2, -0.15) is 0 Å². The molecule has 0 radical (unpaired) electrons. The summed E-state index contributed by atoms with van der Waals surface area (Å²) in [6.07, 6.45) is 0.759. The maximum Gasteiger partial charge on any atom is 0.317 e. The maximum absolute atomic E-state index is 11.1. The Morgan fingerprint density at radius 1 is 1.24 bits per heavy atom. The first kappa shape index (κ1) is 19.6. The minimum Gasteiger partial charge on any atom is -0.480 e. The molecule has 0 aliphatic heterocycles. The Hall–Kier alpha value is -1.69. The summed E-state index contributed by atoms with van der Waals surface area (Å²) in [4.78, 5) is 13.9. The Kier molecular flexibility index (Phi) is 7.62. The molecule has 0 heterocycles. The van der Waals surface area contributed by atoms with Crippen molar-refractivity contribution in [3.05, 3.63) is 59.6 Å². The summed E-state index contributed by atoms with van der Waals surface area (Å²) in [5, 5.41) is 9.78. The molecule has 2 rings (SSSR count). The first-order valence-electron chi connectivity index (χ1n) is 8.05. The minimum absolute atomic E-state index is 0.0384. The molecule has 134 valence electrons. The van der Waals surface area contributed by atoms with E-state index in [2.05, 4.69) is 0 Å². The molecule has 0 aliphatic carbocycles. The smallest absolute Gasteiger partial charge is 0.317 e. The number of aliphatic carboxylic acids is 1. The van der Waals surface area contributed by atoms with Crippen LogP contribution in [-0.2, 0) is 4.79 Å². The van der Waals surface area contributed by atoms with Crippen LogP contribution in [-0.4, -0.2) is 41.0 Å². The molecule has 25 heavy (non-hydrogen) atoms. The van der Waals surface area contributed by atoms with Gasteiger partial charge in [0.05, 0.1) is 12.6 Å². The number of halogens is 1. The molecule has 0 aromatic heterocycles. The van der Waals surface area contributed by atoms with E-state index in [9.17, 15) is 4.79 Å². The fourth-order valence-electron chi connectivity index (χ4n) is 2.53. The third-order valence-corrected chi connectivity index (χ3v) is 5.13. The SMILES string of the molecule is CC[C@H]([C@@H](Oc1ccccc1)Sc1cccc(Cl)c1)N(C)CC(=O)O. The van der Waals surface area contributed by atoms with Crippen LogP contribution in [0.4, 0.5) is 0 Å². The topological polar surface area (TPSA) is 49.8 Å². The molecule has 0 spiro atoms. The van der Waals surface area contributed by atoms with Gasteiger partial charge in [-0.15, -0.1) is 0 Å². The standard InChI is InChI=1S/C19H22ClNO3S/c1-3-17(21(2)13-18(22)23)19(24-15-9-5-4-6-10-15)25-16-11-7-8-14(20)12-16/h4-12,17,19H,3,13H2,1-2H3,(H,22,23)/t17-,19+/m1/s1. The summed E-state index contributed by atoms with van der Waals surface area (Å²) in [6, 6.07) is 17.1. The second-order valence-corrected chi connectivity index (χ2v) is 7.27. The van der Waals surface area contributed by atoms with Crippen LogP contribution in [0.25, 0.3) is 0 Å². The van der Waals surface area contributed by atoms with Gasteiger partial charge in [0.1, 0.15) is 5.75 Å². The van der Waals surface area contributed by atoms with E-state index in [0.717, 1.165) is 17.1 Å². The lowest BCUT2D eigenvalue weighted by Crippen LogP contribution is -2.44. The van der Waals surface area contributed by atoms with Crippen molar-refractivity contribution in [2.24, 2.45) is 0 Å². The molecule has 0 aliphatic rings. The molecule has 4 nitrogen and oxygen atoms in total. The molecule has 2 aromatic rings. The average molecular weight is 380 g/mol. The molecule has 0 unspecified atom stereocenters. The zero-order valence-electron chi connectivity index (χ0n) is 14.3. The van der Waals surface area contributed by atoms with Crippen molar-refractivity contribution in [3.8, 4) is 5.75 Å². The molecule has 0 fully saturated rings. The normalized spacial score (nSPS) is 13.4. The summed E-state index contributed by atoms with van der Waals surface area (Å²) < 4.78 is 6.20. The molecule has 6 heteroatoms. The second kappa shape index (κ2) is 9.70. The summed E-state index contributed by atoms with van der Waals surface area (Å²) in [7, 11) is 1.81. The zero-order chi connectivity index (χ0) is 18.2. The molecule has 0 bridgehead atoms. The number of benzene rings is 2. The number of para-hydroxylation sites is 1. The fourth-order valence-corrected chi connectivity index (χ4v) is 4.12. The number of hydrogen-bond acceptors (Lipinski definition) is 4. The van der Waals surface area contributed by atoms with Crippen molar-refractivity contribution < 1.29 is 14.6 Å². The molecule has 2 atom stereocenters. The van der Waals surface area contributed by atoms with Crippen LogP contribution in [0.15, 0.2) is 59.5 Å². The van der Waals surface area contributed by atoms with Gasteiger partial charge in [-0.1, -0.05) is 54.6 Å². The highest BCUT2D eigenvalue weighted by Crippen LogP contribution is 2.32. The maximum atomic E-state index is 11.1. The second-order valence-electron chi connectivity index (χ2n) is 5.66. The monoisotopic (exact) mass is 379 g/mol. The zero-order valence-corrected chi connectivity index (χ0v) is 15.8. The number of hydrogen-bond donors (Lipinski definition) is 1. The van der Waals surface area contributed by atoms with Crippen molar-refractivity contribution in [3.63, 3.8) is 0 Å². The number of ether oxygens (including phenoxy) is 1. The number of carboxylic acid groups (broad SMARTS) is 1. The number of likely N-dealkylation sites (N-methyl/N-ethyl adjacent to an activating group) is 1. The molecule has 1 N–H and O–H groups in total. The molecular weight excluding hydrogens is 358 g/mol. The molecule has 2 aromatic carbocycles. The average Bonchev–Trinajstić information content (AvgIpc) is 2.55. The van der Waals surface area contributed by atoms with Gasteiger partial charge in [0.15, 0.2) is 5.44 Å². The highest BCUT2D eigenvalue weighted by atomic mass is 35.5. The number of nitrogens with zero attached hydrogens (tertiary/aromatic N) is 1. The lowest BCUT2D eigenvalue weighted by atomic mass is 10.2. The van der Waals surface area contributed by atoms with Crippen LogP contribution in [0, 0.1) is 0 Å². The third kappa shape index (κ3) is 6.27. The Bertz CT molecular complexity index is 683. The van der Waals surface area contributed by atoms with Crippen LogP contribution in [0.2, 0.25) is 5.02 Å². The lowest BCUT2D eigenvalue weighted by molar-refractivity contribution is -0.138. The fraction of sp³-hybridized carbons (Fsp3) is 0.316. The Morgan fingerprint density at radius 3 is 2.56 bits per heavy atom. The van der Waals surface area contributed by atoms with Crippen molar-refractivity contribution in [2.75, 3.05) is 13.6 Å². The van der Waals surface area contributed by atoms with Crippen LogP contribution in [0.1, 0.15) is 13.3 Å². The van der Waals surface area contributed by atoms with E-state index in [1.54, 1.807) is 11.8 Å². The summed E-state index contributed by atoms with van der Waals surface area (Å²) in [6.45, 7) is 1.99. The Labute approximate surface area is 157 Å². The first-order chi connectivity index (χ1) is 12.0. The van der Waals surface area contributed by atoms with E-state index in [-0.39, 0.29) is 18.0 Å². The van der Waals surface area contributed by atoms with Crippen LogP contribution in [0.3, 0.4) is 0 Å². The quantitative estimate of drug-likeness (QED) is 0.508. The van der Waals surface area contributed by atoms with E-state index >= 15 is 0 Å². The third-order valence-electron chi connectivity index (χ3n) is 3.73. The largest absolute Gasteiger partial charge is 0.480 e. The molecular formula is C19H22ClNO3S. The highest BCUT2D eigenvalue weighted by molar-refractivity contribution is 7.99. The van der Waals surface area contributed by atoms with E-state index < -0.39 is 5.97 Å². The van der Waals surface area contributed by atoms with Gasteiger partial charge in [-0.05, 0) is 43.8 Å². The summed E-state index contributed by atoms with van der Waals surface area (Å²) >= 11 is 7.64. The number of rotatable bonds is 9. The predicted octanol–water partition coefficient (Wildman–Crippen LogP) is 4.63. The van der Waals surface area contributed by atoms with Gasteiger partial charge < -0.3 is 9.84 Å². The van der Waals surface area contributed by atoms with Gasteiger partial charge >= 0.3 is 5.97 Å². The van der Waals surface area contributed by atoms with E-state index in [1.165, 1.54) is 0 Å². The van der Waals surface area contributed by atoms with Crippen molar-refractivity contribution in [1.29, 1.82) is 0 Å². The number of carboxylic acids is 1. The van der Waals surface area contributed by atoms with Crippen LogP contribution >= 0.6 is 23.4 Å². The van der Waals surface area contributed by atoms with Crippen molar-refractivity contribution in [2.45, 2.75) is 29.7 Å². The van der Waals surface area contributed by atoms with Gasteiger partial charge in [0, 0.05) is 9.92 Å². The number of carbonyl (C=O) groups is 1. The Balaban J connectivity index is 2.24. The van der Waals surface area contributed by atoms with E-state index in [1.807, 2.05) is 73.5 Å². The Morgan fingerprint density at radius 2 is 1.96 bits per heavy atom. The predicted molar refractivity (Wildman–Crippen MR) is 103 cm³/mol. The van der Waals surface area contributed by atoms with E-state index in [0.29, 0.717) is 5.02 Å². The molecule has 0 amide bonds. The van der Waals surface area contributed by atoms with Gasteiger partial charge in [0.25, 0.3) is 0 Å². The lowest BCUT2D eigenvalue weighted by Gasteiger charge is -2.33. The highest BCUT2D eigenvalue weighted by Gasteiger charge is 2.28. The first-order valence-corrected chi connectivity index (χ1v) is 9.31. The van der Waals surface area contributed by atoms with Crippen LogP contribution < -0.4 is 4.74 Å². The van der Waals surface area contributed by atoms with Gasteiger partial charge in [-0.25, -0.2) is 0 Å².